The van der Waals surface area contributed by atoms with Crippen LogP contribution in [0.1, 0.15) is 17.2 Å². The lowest BCUT2D eigenvalue weighted by atomic mass is 10.0. The number of ether oxygens (including phenoxy) is 1. The molecule has 0 aromatic heterocycles. The first-order valence-corrected chi connectivity index (χ1v) is 8.64. The van der Waals surface area contributed by atoms with E-state index in [4.69, 9.17) is 4.74 Å². The van der Waals surface area contributed by atoms with Gasteiger partial charge >= 0.3 is 0 Å². The van der Waals surface area contributed by atoms with Gasteiger partial charge in [-0.25, -0.2) is 4.39 Å². The van der Waals surface area contributed by atoms with Crippen LogP contribution in [0.25, 0.3) is 6.08 Å². The van der Waals surface area contributed by atoms with Crippen LogP contribution in [0, 0.1) is 5.82 Å². The van der Waals surface area contributed by atoms with Gasteiger partial charge < -0.3 is 14.5 Å². The van der Waals surface area contributed by atoms with E-state index in [1.165, 1.54) is 19.3 Å². The zero-order valence-corrected chi connectivity index (χ0v) is 15.1. The Hall–Kier alpha value is -2.66. The standard InChI is InChI=1S/C21H23FN2O2/c1-23-12-13-24(19(15-23)17-6-4-3-5-7-17)21(25)11-9-16-8-10-20(26-2)18(22)14-16/h3-11,14,19H,12-13,15H2,1-2H3/b11-9+/t19-/m1/s1. The normalized spacial score (nSPS) is 18.3. The third-order valence-electron chi connectivity index (χ3n) is 4.65. The van der Waals surface area contributed by atoms with Crippen molar-refractivity contribution in [3.05, 3.63) is 71.6 Å². The van der Waals surface area contributed by atoms with Crippen molar-refractivity contribution in [3.8, 4) is 5.75 Å². The molecule has 1 aliphatic heterocycles. The van der Waals surface area contributed by atoms with Gasteiger partial charge in [0.15, 0.2) is 11.6 Å². The van der Waals surface area contributed by atoms with E-state index in [1.54, 1.807) is 18.2 Å². The summed E-state index contributed by atoms with van der Waals surface area (Å²) in [5.74, 6) is -0.316. The molecule has 0 aliphatic carbocycles. The second-order valence-corrected chi connectivity index (χ2v) is 6.45. The third kappa shape index (κ3) is 4.11. The van der Waals surface area contributed by atoms with Crippen LogP contribution in [0.15, 0.2) is 54.6 Å². The first kappa shape index (κ1) is 18.1. The van der Waals surface area contributed by atoms with Gasteiger partial charge in [-0.15, -0.1) is 0 Å². The summed E-state index contributed by atoms with van der Waals surface area (Å²) in [6.07, 6.45) is 3.16. The minimum Gasteiger partial charge on any atom is -0.494 e. The number of amides is 1. The lowest BCUT2D eigenvalue weighted by Crippen LogP contribution is -2.48. The maximum atomic E-state index is 13.8. The van der Waals surface area contributed by atoms with Gasteiger partial charge in [-0.3, -0.25) is 4.79 Å². The second-order valence-electron chi connectivity index (χ2n) is 6.45. The van der Waals surface area contributed by atoms with Crippen molar-refractivity contribution in [3.63, 3.8) is 0 Å². The fourth-order valence-corrected chi connectivity index (χ4v) is 3.19. The quantitative estimate of drug-likeness (QED) is 0.790. The molecule has 0 unspecified atom stereocenters. The summed E-state index contributed by atoms with van der Waals surface area (Å²) in [5.41, 5.74) is 1.75. The molecule has 0 spiro atoms. The molecular formula is C21H23FN2O2. The summed E-state index contributed by atoms with van der Waals surface area (Å²) < 4.78 is 18.7. The van der Waals surface area contributed by atoms with Gasteiger partial charge in [-0.05, 0) is 36.4 Å². The largest absolute Gasteiger partial charge is 0.494 e. The maximum Gasteiger partial charge on any atom is 0.247 e. The van der Waals surface area contributed by atoms with E-state index in [0.717, 1.165) is 18.7 Å². The van der Waals surface area contributed by atoms with Gasteiger partial charge in [0.05, 0.1) is 13.2 Å². The van der Waals surface area contributed by atoms with Crippen LogP contribution >= 0.6 is 0 Å². The topological polar surface area (TPSA) is 32.8 Å². The number of hydrogen-bond donors (Lipinski definition) is 0. The van der Waals surface area contributed by atoms with E-state index in [2.05, 4.69) is 11.9 Å². The minimum absolute atomic E-state index is 0.0136. The molecule has 2 aromatic carbocycles. The number of carbonyl (C=O) groups is 1. The van der Waals surface area contributed by atoms with E-state index >= 15 is 0 Å². The molecule has 0 bridgehead atoms. The molecule has 4 nitrogen and oxygen atoms in total. The first-order valence-electron chi connectivity index (χ1n) is 8.64. The Kier molecular flexibility index (Phi) is 5.68. The number of halogens is 1. The first-order chi connectivity index (χ1) is 12.6. The number of carbonyl (C=O) groups excluding carboxylic acids is 1. The highest BCUT2D eigenvalue weighted by molar-refractivity contribution is 5.92. The van der Waals surface area contributed by atoms with E-state index in [0.29, 0.717) is 12.1 Å². The van der Waals surface area contributed by atoms with Gasteiger partial charge in [-0.2, -0.15) is 0 Å². The maximum absolute atomic E-state index is 13.8. The Morgan fingerprint density at radius 3 is 2.65 bits per heavy atom. The van der Waals surface area contributed by atoms with Crippen molar-refractivity contribution in [1.29, 1.82) is 0 Å². The number of benzene rings is 2. The van der Waals surface area contributed by atoms with Crippen molar-refractivity contribution in [2.45, 2.75) is 6.04 Å². The van der Waals surface area contributed by atoms with E-state index in [-0.39, 0.29) is 17.7 Å². The zero-order valence-electron chi connectivity index (χ0n) is 15.1. The van der Waals surface area contributed by atoms with Crippen molar-refractivity contribution < 1.29 is 13.9 Å². The van der Waals surface area contributed by atoms with Gasteiger partial charge in [0.1, 0.15) is 0 Å². The molecule has 3 rings (SSSR count). The van der Waals surface area contributed by atoms with Crippen molar-refractivity contribution >= 4 is 12.0 Å². The van der Waals surface area contributed by atoms with E-state index in [1.807, 2.05) is 35.2 Å². The highest BCUT2D eigenvalue weighted by atomic mass is 19.1. The van der Waals surface area contributed by atoms with Gasteiger partial charge in [-0.1, -0.05) is 36.4 Å². The Labute approximate surface area is 153 Å². The predicted octanol–water partition coefficient (Wildman–Crippen LogP) is 3.36. The predicted molar refractivity (Wildman–Crippen MR) is 100 cm³/mol. The molecule has 136 valence electrons. The summed E-state index contributed by atoms with van der Waals surface area (Å²) in [7, 11) is 3.49. The van der Waals surface area contributed by atoms with Crippen LogP contribution in [0.3, 0.4) is 0 Å². The van der Waals surface area contributed by atoms with Gasteiger partial charge in [0.25, 0.3) is 0 Å². The molecule has 2 aromatic rings. The van der Waals surface area contributed by atoms with Crippen LogP contribution in [0.2, 0.25) is 0 Å². The number of hydrogen-bond acceptors (Lipinski definition) is 3. The van der Waals surface area contributed by atoms with Gasteiger partial charge in [0, 0.05) is 25.7 Å². The average Bonchev–Trinajstić information content (AvgIpc) is 2.67. The van der Waals surface area contributed by atoms with E-state index < -0.39 is 5.82 Å². The molecule has 1 heterocycles. The molecule has 1 atom stereocenters. The molecule has 1 saturated heterocycles. The molecule has 0 saturated carbocycles. The summed E-state index contributed by atoms with van der Waals surface area (Å²) in [6.45, 7) is 2.29. The van der Waals surface area contributed by atoms with Crippen LogP contribution in [-0.2, 0) is 4.79 Å². The average molecular weight is 354 g/mol. The third-order valence-corrected chi connectivity index (χ3v) is 4.65. The van der Waals surface area contributed by atoms with Crippen LogP contribution in [-0.4, -0.2) is 49.5 Å². The summed E-state index contributed by atoms with van der Waals surface area (Å²) in [4.78, 5) is 16.9. The zero-order chi connectivity index (χ0) is 18.5. The van der Waals surface area contributed by atoms with Crippen LogP contribution < -0.4 is 4.74 Å². The molecule has 0 N–H and O–H groups in total. The van der Waals surface area contributed by atoms with E-state index in [9.17, 15) is 9.18 Å². The summed E-state index contributed by atoms with van der Waals surface area (Å²) >= 11 is 0. The number of nitrogens with zero attached hydrogens (tertiary/aromatic N) is 2. The minimum atomic E-state index is -0.441. The lowest BCUT2D eigenvalue weighted by Gasteiger charge is -2.39. The molecule has 5 heteroatoms. The van der Waals surface area contributed by atoms with Crippen molar-refractivity contribution in [2.75, 3.05) is 33.8 Å². The summed E-state index contributed by atoms with van der Waals surface area (Å²) in [6, 6.07) is 14.7. The molecular weight excluding hydrogens is 331 g/mol. The molecule has 26 heavy (non-hydrogen) atoms. The number of rotatable bonds is 4. The molecule has 0 radical (unpaired) electrons. The van der Waals surface area contributed by atoms with Crippen molar-refractivity contribution in [2.24, 2.45) is 0 Å². The second kappa shape index (κ2) is 8.15. The molecule has 1 amide bonds. The highest BCUT2D eigenvalue weighted by Crippen LogP contribution is 2.25. The lowest BCUT2D eigenvalue weighted by molar-refractivity contribution is -0.130. The smallest absolute Gasteiger partial charge is 0.247 e. The number of likely N-dealkylation sites (N-methyl/N-ethyl adjacent to an activating group) is 1. The molecule has 1 aliphatic rings. The van der Waals surface area contributed by atoms with Crippen molar-refractivity contribution in [1.82, 2.24) is 9.80 Å². The Morgan fingerprint density at radius 2 is 1.96 bits per heavy atom. The monoisotopic (exact) mass is 354 g/mol. The van der Waals surface area contributed by atoms with Crippen LogP contribution in [0.5, 0.6) is 5.75 Å². The number of piperazine rings is 1. The Morgan fingerprint density at radius 1 is 1.19 bits per heavy atom. The molecule has 1 fully saturated rings. The fourth-order valence-electron chi connectivity index (χ4n) is 3.19. The van der Waals surface area contributed by atoms with Gasteiger partial charge in [0.2, 0.25) is 5.91 Å². The highest BCUT2D eigenvalue weighted by Gasteiger charge is 2.28. The summed E-state index contributed by atoms with van der Waals surface area (Å²) in [5, 5.41) is 0. The van der Waals surface area contributed by atoms with Crippen LogP contribution in [0.4, 0.5) is 4.39 Å². The Balaban J connectivity index is 1.77. The fraction of sp³-hybridized carbons (Fsp3) is 0.286. The SMILES string of the molecule is COc1ccc(/C=C/C(=O)N2CCN(C)C[C@@H]2c2ccccc2)cc1F. The number of methoxy groups -OCH3 is 1. The Bertz CT molecular complexity index is 792.